The number of hydrogen-bond acceptors (Lipinski definition) is 6. The van der Waals surface area contributed by atoms with E-state index in [4.69, 9.17) is 40.5 Å². The Bertz CT molecular complexity index is 1460. The quantitative estimate of drug-likeness (QED) is 0.404. The number of carbonyl (C=O) groups excluding carboxylic acids is 2. The van der Waals surface area contributed by atoms with Gasteiger partial charge >= 0.3 is 0 Å². The van der Waals surface area contributed by atoms with E-state index in [0.717, 1.165) is 4.31 Å². The molecule has 0 aliphatic carbocycles. The zero-order valence-electron chi connectivity index (χ0n) is 19.4. The highest BCUT2D eigenvalue weighted by Gasteiger charge is 2.36. The van der Waals surface area contributed by atoms with Gasteiger partial charge in [-0.3, -0.25) is 9.59 Å². The largest absolute Gasteiger partial charge is 0.350 e. The molecule has 0 spiro atoms. The van der Waals surface area contributed by atoms with Crippen molar-refractivity contribution in [2.24, 2.45) is 5.73 Å². The van der Waals surface area contributed by atoms with Crippen LogP contribution < -0.4 is 20.7 Å². The van der Waals surface area contributed by atoms with Gasteiger partial charge < -0.3 is 16.4 Å². The lowest BCUT2D eigenvalue weighted by Crippen LogP contribution is -2.53. The first kappa shape index (κ1) is 27.2. The van der Waals surface area contributed by atoms with Gasteiger partial charge in [-0.05, 0) is 55.3 Å². The summed E-state index contributed by atoms with van der Waals surface area (Å²) < 4.78 is 28.4. The number of pyridine rings is 1. The van der Waals surface area contributed by atoms with Gasteiger partial charge in [0.15, 0.2) is 0 Å². The predicted molar refractivity (Wildman–Crippen MR) is 144 cm³/mol. The summed E-state index contributed by atoms with van der Waals surface area (Å²) in [7, 11) is -4.15. The lowest BCUT2D eigenvalue weighted by Gasteiger charge is -2.35. The van der Waals surface area contributed by atoms with Crippen molar-refractivity contribution in [1.29, 1.82) is 0 Å². The number of nitrogens with one attached hydrogen (secondary N) is 2. The Morgan fingerprint density at radius 1 is 1.08 bits per heavy atom. The van der Waals surface area contributed by atoms with Gasteiger partial charge in [0, 0.05) is 5.02 Å². The highest BCUT2D eigenvalue weighted by molar-refractivity contribution is 7.92. The van der Waals surface area contributed by atoms with E-state index in [1.165, 1.54) is 43.3 Å². The zero-order chi connectivity index (χ0) is 26.9. The molecule has 0 unspecified atom stereocenters. The van der Waals surface area contributed by atoms with Crippen molar-refractivity contribution in [3.63, 3.8) is 0 Å². The Kier molecular flexibility index (Phi) is 7.96. The van der Waals surface area contributed by atoms with Crippen molar-refractivity contribution < 1.29 is 18.0 Å². The number of nitrogens with two attached hydrogens (primary N) is 1. The van der Waals surface area contributed by atoms with Crippen molar-refractivity contribution in [3.05, 3.63) is 80.8 Å². The van der Waals surface area contributed by atoms with Crippen LogP contribution in [0.25, 0.3) is 0 Å². The fraction of sp³-hybridized carbons (Fsp3) is 0.208. The summed E-state index contributed by atoms with van der Waals surface area (Å²) in [4.78, 5) is 29.5. The molecule has 2 heterocycles. The Hall–Kier alpha value is -2.89. The number of hydrogen-bond donors (Lipinski definition) is 3. The van der Waals surface area contributed by atoms with Gasteiger partial charge in [0.25, 0.3) is 15.9 Å². The SMILES string of the molecule is C[C@@H](N)C(=O)N[C@@H]1Cc2ccc(NC(=O)c3c(Cl)cccc3Cl)nc2N(S(=O)(=O)c2cccc(Cl)c2)C1. The third-order valence-corrected chi connectivity index (χ3v) is 8.24. The van der Waals surface area contributed by atoms with Crippen LogP contribution in [-0.2, 0) is 21.2 Å². The van der Waals surface area contributed by atoms with Gasteiger partial charge in [0.2, 0.25) is 5.91 Å². The van der Waals surface area contributed by atoms with Crippen LogP contribution in [-0.4, -0.2) is 43.8 Å². The number of halogens is 3. The van der Waals surface area contributed by atoms with E-state index in [2.05, 4.69) is 15.6 Å². The van der Waals surface area contributed by atoms with Crippen LogP contribution in [0.4, 0.5) is 11.6 Å². The van der Waals surface area contributed by atoms with E-state index in [-0.39, 0.29) is 43.7 Å². The van der Waals surface area contributed by atoms with Crippen molar-refractivity contribution in [1.82, 2.24) is 10.3 Å². The Morgan fingerprint density at radius 3 is 2.41 bits per heavy atom. The minimum absolute atomic E-state index is 0.0517. The van der Waals surface area contributed by atoms with Crippen LogP contribution in [0.1, 0.15) is 22.8 Å². The summed E-state index contributed by atoms with van der Waals surface area (Å²) in [5, 5.41) is 5.95. The van der Waals surface area contributed by atoms with Crippen molar-refractivity contribution >= 4 is 68.3 Å². The second-order valence-corrected chi connectivity index (χ2v) is 11.5. The van der Waals surface area contributed by atoms with Crippen molar-refractivity contribution in [2.75, 3.05) is 16.2 Å². The van der Waals surface area contributed by atoms with Gasteiger partial charge in [0.1, 0.15) is 11.6 Å². The number of sulfonamides is 1. The second-order valence-electron chi connectivity index (χ2n) is 8.42. The van der Waals surface area contributed by atoms with Gasteiger partial charge in [0.05, 0.1) is 39.1 Å². The van der Waals surface area contributed by atoms with Crippen LogP contribution in [0, 0.1) is 0 Å². The molecule has 2 atom stereocenters. The van der Waals surface area contributed by atoms with E-state index in [1.807, 2.05) is 0 Å². The topological polar surface area (TPSA) is 134 Å². The minimum atomic E-state index is -4.15. The fourth-order valence-corrected chi connectivity index (χ4v) is 6.20. The minimum Gasteiger partial charge on any atom is -0.350 e. The number of carbonyl (C=O) groups is 2. The zero-order valence-corrected chi connectivity index (χ0v) is 22.5. The van der Waals surface area contributed by atoms with Crippen LogP contribution in [0.3, 0.4) is 0 Å². The van der Waals surface area contributed by atoms with Crippen LogP contribution in [0.5, 0.6) is 0 Å². The van der Waals surface area contributed by atoms with Crippen LogP contribution in [0.15, 0.2) is 59.5 Å². The molecular weight excluding hydrogens is 561 g/mol. The highest BCUT2D eigenvalue weighted by Crippen LogP contribution is 2.33. The smallest absolute Gasteiger partial charge is 0.265 e. The molecule has 2 aromatic carbocycles. The fourth-order valence-electron chi connectivity index (χ4n) is 3.83. The third-order valence-electron chi connectivity index (χ3n) is 5.62. The predicted octanol–water partition coefficient (Wildman–Crippen LogP) is 3.88. The molecule has 3 aromatic rings. The normalized spacial score (nSPS) is 16.0. The van der Waals surface area contributed by atoms with Gasteiger partial charge in [-0.15, -0.1) is 0 Å². The molecule has 37 heavy (non-hydrogen) atoms. The average molecular weight is 583 g/mol. The molecule has 1 aromatic heterocycles. The molecular formula is C24H22Cl3N5O4S. The monoisotopic (exact) mass is 581 g/mol. The first-order valence-electron chi connectivity index (χ1n) is 11.1. The lowest BCUT2D eigenvalue weighted by molar-refractivity contribution is -0.122. The van der Waals surface area contributed by atoms with Crippen LogP contribution >= 0.6 is 34.8 Å². The maximum absolute atomic E-state index is 13.7. The number of nitrogens with zero attached hydrogens (tertiary/aromatic N) is 2. The molecule has 0 saturated carbocycles. The third kappa shape index (κ3) is 5.83. The Balaban J connectivity index is 1.73. The number of fused-ring (bicyclic) bond motifs is 1. The summed E-state index contributed by atoms with van der Waals surface area (Å²) in [6, 6.07) is 12.3. The maximum atomic E-state index is 13.7. The summed E-state index contributed by atoms with van der Waals surface area (Å²) in [6.07, 6.45) is 0.299. The number of amides is 2. The molecule has 0 saturated heterocycles. The van der Waals surface area contributed by atoms with Gasteiger partial charge in [-0.2, -0.15) is 0 Å². The Labute approximate surface area is 229 Å². The molecule has 0 fully saturated rings. The van der Waals surface area contributed by atoms with Gasteiger partial charge in [-0.25, -0.2) is 17.7 Å². The molecule has 9 nitrogen and oxygen atoms in total. The Morgan fingerprint density at radius 2 is 1.76 bits per heavy atom. The summed E-state index contributed by atoms with van der Waals surface area (Å²) in [5.41, 5.74) is 6.29. The molecule has 13 heteroatoms. The number of anilines is 2. The summed E-state index contributed by atoms with van der Waals surface area (Å²) in [6.45, 7) is 1.43. The molecule has 2 amide bonds. The molecule has 4 N–H and O–H groups in total. The van der Waals surface area contributed by atoms with E-state index in [0.29, 0.717) is 12.0 Å². The van der Waals surface area contributed by atoms with E-state index < -0.39 is 33.9 Å². The number of benzene rings is 2. The highest BCUT2D eigenvalue weighted by atomic mass is 35.5. The molecule has 4 rings (SSSR count). The standard InChI is InChI=1S/C24H22Cl3N5O4S/c1-13(28)23(33)29-16-10-14-8-9-20(31-24(34)21-18(26)6-3-7-19(21)27)30-22(14)32(12-16)37(35,36)17-5-2-4-15(25)11-17/h2-9,11,13,16H,10,12,28H2,1H3,(H,29,33)(H,30,31,34)/t13-,16-/m1/s1. The van der Waals surface area contributed by atoms with Crippen LogP contribution in [0.2, 0.25) is 15.1 Å². The summed E-state index contributed by atoms with van der Waals surface area (Å²) >= 11 is 18.3. The van der Waals surface area contributed by atoms with Crippen molar-refractivity contribution in [3.8, 4) is 0 Å². The summed E-state index contributed by atoms with van der Waals surface area (Å²) in [5.74, 6) is -0.828. The number of rotatable bonds is 6. The second kappa shape index (κ2) is 10.8. The molecule has 1 aliphatic rings. The van der Waals surface area contributed by atoms with E-state index >= 15 is 0 Å². The molecule has 1 aliphatic heterocycles. The molecule has 0 bridgehead atoms. The van der Waals surface area contributed by atoms with E-state index in [1.54, 1.807) is 18.2 Å². The molecule has 0 radical (unpaired) electrons. The van der Waals surface area contributed by atoms with Crippen molar-refractivity contribution in [2.45, 2.75) is 30.3 Å². The molecule has 194 valence electrons. The first-order valence-corrected chi connectivity index (χ1v) is 13.6. The van der Waals surface area contributed by atoms with Gasteiger partial charge in [-0.1, -0.05) is 53.0 Å². The van der Waals surface area contributed by atoms with E-state index in [9.17, 15) is 18.0 Å². The average Bonchev–Trinajstić information content (AvgIpc) is 2.83. The maximum Gasteiger partial charge on any atom is 0.265 e. The first-order chi connectivity index (χ1) is 17.5. The number of aromatic nitrogens is 1. The lowest BCUT2D eigenvalue weighted by atomic mass is 10.0.